The quantitative estimate of drug-likeness (QED) is 0.773. The fourth-order valence-corrected chi connectivity index (χ4v) is 2.04. The highest BCUT2D eigenvalue weighted by molar-refractivity contribution is 6.29. The van der Waals surface area contributed by atoms with Crippen LogP contribution in [-0.4, -0.2) is 36.1 Å². The monoisotopic (exact) mass is 226 g/mol. The second kappa shape index (κ2) is 4.77. The summed E-state index contributed by atoms with van der Waals surface area (Å²) in [6.45, 7) is 2.05. The average Bonchev–Trinajstić information content (AvgIpc) is 2.29. The molecule has 15 heavy (non-hydrogen) atoms. The molecular weight excluding hydrogens is 212 g/mol. The van der Waals surface area contributed by atoms with Gasteiger partial charge in [-0.05, 0) is 19.9 Å². The van der Waals surface area contributed by atoms with Crippen molar-refractivity contribution >= 4 is 17.4 Å². The van der Waals surface area contributed by atoms with Crippen molar-refractivity contribution in [1.29, 1.82) is 0 Å². The predicted octanol–water partition coefficient (Wildman–Crippen LogP) is 1.32. The summed E-state index contributed by atoms with van der Waals surface area (Å²) in [5, 5.41) is 3.81. The number of piperidine rings is 1. The zero-order valence-electron chi connectivity index (χ0n) is 8.78. The molecule has 1 N–H and O–H groups in total. The van der Waals surface area contributed by atoms with E-state index in [9.17, 15) is 0 Å². The zero-order valence-corrected chi connectivity index (χ0v) is 9.54. The normalized spacial score (nSPS) is 18.1. The average molecular weight is 227 g/mol. The highest BCUT2D eigenvalue weighted by Gasteiger charge is 2.18. The second-order valence-electron chi connectivity index (χ2n) is 3.75. The van der Waals surface area contributed by atoms with Crippen LogP contribution in [0.4, 0.5) is 5.82 Å². The maximum Gasteiger partial charge on any atom is 0.134 e. The third-order valence-corrected chi connectivity index (χ3v) is 3.05. The zero-order chi connectivity index (χ0) is 10.7. The van der Waals surface area contributed by atoms with E-state index in [0.717, 1.165) is 31.7 Å². The van der Waals surface area contributed by atoms with Crippen LogP contribution in [0.3, 0.4) is 0 Å². The van der Waals surface area contributed by atoms with E-state index in [0.29, 0.717) is 11.2 Å². The molecule has 82 valence electrons. The number of anilines is 1. The molecule has 1 saturated heterocycles. The van der Waals surface area contributed by atoms with Gasteiger partial charge < -0.3 is 10.2 Å². The second-order valence-corrected chi connectivity index (χ2v) is 4.14. The van der Waals surface area contributed by atoms with Crippen molar-refractivity contribution in [3.8, 4) is 0 Å². The van der Waals surface area contributed by atoms with E-state index in [1.165, 1.54) is 6.33 Å². The summed E-state index contributed by atoms with van der Waals surface area (Å²) in [4.78, 5) is 10.4. The summed E-state index contributed by atoms with van der Waals surface area (Å²) >= 11 is 5.83. The summed E-state index contributed by atoms with van der Waals surface area (Å²) in [7, 11) is 2.02. The maximum absolute atomic E-state index is 5.83. The Kier molecular flexibility index (Phi) is 3.38. The molecule has 0 saturated carbocycles. The predicted molar refractivity (Wildman–Crippen MR) is 61.3 cm³/mol. The number of nitrogens with zero attached hydrogens (tertiary/aromatic N) is 3. The minimum absolute atomic E-state index is 0.510. The van der Waals surface area contributed by atoms with Gasteiger partial charge in [0.2, 0.25) is 0 Å². The first-order chi connectivity index (χ1) is 7.29. The van der Waals surface area contributed by atoms with Gasteiger partial charge in [-0.3, -0.25) is 0 Å². The van der Waals surface area contributed by atoms with Gasteiger partial charge in [0.25, 0.3) is 0 Å². The van der Waals surface area contributed by atoms with E-state index >= 15 is 0 Å². The lowest BCUT2D eigenvalue weighted by molar-refractivity contribution is 0.440. The molecule has 4 nitrogen and oxygen atoms in total. The molecular formula is C10H15ClN4. The molecule has 1 aliphatic rings. The molecule has 2 heterocycles. The van der Waals surface area contributed by atoms with Crippen LogP contribution in [-0.2, 0) is 0 Å². The SMILES string of the molecule is CNC1CCN(c2cc(Cl)ncn2)CC1. The van der Waals surface area contributed by atoms with Gasteiger partial charge in [-0.1, -0.05) is 11.6 Å². The first-order valence-electron chi connectivity index (χ1n) is 5.19. The largest absolute Gasteiger partial charge is 0.356 e. The van der Waals surface area contributed by atoms with E-state index in [1.54, 1.807) is 0 Å². The molecule has 0 aromatic carbocycles. The number of hydrogen-bond donors (Lipinski definition) is 1. The van der Waals surface area contributed by atoms with Crippen molar-refractivity contribution in [2.75, 3.05) is 25.0 Å². The topological polar surface area (TPSA) is 41.0 Å². The van der Waals surface area contributed by atoms with Crippen LogP contribution < -0.4 is 10.2 Å². The van der Waals surface area contributed by atoms with Gasteiger partial charge in [0, 0.05) is 25.2 Å². The van der Waals surface area contributed by atoms with Gasteiger partial charge in [0.05, 0.1) is 0 Å². The molecule has 0 bridgehead atoms. The van der Waals surface area contributed by atoms with Crippen LogP contribution in [0, 0.1) is 0 Å². The standard InChI is InChI=1S/C10H15ClN4/c1-12-8-2-4-15(5-3-8)10-6-9(11)13-7-14-10/h6-8,12H,2-5H2,1H3. The molecule has 1 aromatic heterocycles. The van der Waals surface area contributed by atoms with E-state index in [2.05, 4.69) is 20.2 Å². The van der Waals surface area contributed by atoms with Crippen LogP contribution >= 0.6 is 11.6 Å². The van der Waals surface area contributed by atoms with Crippen molar-refractivity contribution in [2.45, 2.75) is 18.9 Å². The summed E-state index contributed by atoms with van der Waals surface area (Å²) in [6, 6.07) is 2.46. The maximum atomic E-state index is 5.83. The van der Waals surface area contributed by atoms with Crippen LogP contribution in [0.2, 0.25) is 5.15 Å². The molecule has 0 atom stereocenters. The molecule has 2 rings (SSSR count). The van der Waals surface area contributed by atoms with Crippen LogP contribution in [0.25, 0.3) is 0 Å². The van der Waals surface area contributed by atoms with Gasteiger partial charge in [-0.2, -0.15) is 0 Å². The molecule has 1 aromatic rings. The van der Waals surface area contributed by atoms with Crippen LogP contribution in [0.5, 0.6) is 0 Å². The number of halogens is 1. The summed E-state index contributed by atoms with van der Waals surface area (Å²) < 4.78 is 0. The molecule has 1 aliphatic heterocycles. The van der Waals surface area contributed by atoms with Crippen molar-refractivity contribution in [3.05, 3.63) is 17.5 Å². The van der Waals surface area contributed by atoms with E-state index in [-0.39, 0.29) is 0 Å². The Labute approximate surface area is 94.7 Å². The van der Waals surface area contributed by atoms with Crippen molar-refractivity contribution in [2.24, 2.45) is 0 Å². The molecule has 1 fully saturated rings. The van der Waals surface area contributed by atoms with Crippen molar-refractivity contribution < 1.29 is 0 Å². The number of hydrogen-bond acceptors (Lipinski definition) is 4. The molecule has 5 heteroatoms. The van der Waals surface area contributed by atoms with E-state index in [1.807, 2.05) is 13.1 Å². The number of nitrogens with one attached hydrogen (secondary N) is 1. The van der Waals surface area contributed by atoms with Gasteiger partial charge >= 0.3 is 0 Å². The molecule has 0 unspecified atom stereocenters. The summed E-state index contributed by atoms with van der Waals surface area (Å²) in [6.07, 6.45) is 3.82. The molecule has 0 radical (unpaired) electrons. The Morgan fingerprint density at radius 3 is 2.73 bits per heavy atom. The van der Waals surface area contributed by atoms with E-state index < -0.39 is 0 Å². The highest BCUT2D eigenvalue weighted by Crippen LogP contribution is 2.19. The Balaban J connectivity index is 2.01. The highest BCUT2D eigenvalue weighted by atomic mass is 35.5. The number of aromatic nitrogens is 2. The van der Waals surface area contributed by atoms with Gasteiger partial charge in [0.15, 0.2) is 0 Å². The lowest BCUT2D eigenvalue weighted by atomic mass is 10.1. The summed E-state index contributed by atoms with van der Waals surface area (Å²) in [5.41, 5.74) is 0. The van der Waals surface area contributed by atoms with Crippen molar-refractivity contribution in [3.63, 3.8) is 0 Å². The first-order valence-corrected chi connectivity index (χ1v) is 5.57. The Hall–Kier alpha value is -0.870. The lowest BCUT2D eigenvalue weighted by Gasteiger charge is -2.32. The third-order valence-electron chi connectivity index (χ3n) is 2.85. The Bertz CT molecular complexity index is 323. The van der Waals surface area contributed by atoms with Gasteiger partial charge in [0.1, 0.15) is 17.3 Å². The molecule has 0 amide bonds. The van der Waals surface area contributed by atoms with Crippen molar-refractivity contribution in [1.82, 2.24) is 15.3 Å². The van der Waals surface area contributed by atoms with Gasteiger partial charge in [-0.25, -0.2) is 9.97 Å². The lowest BCUT2D eigenvalue weighted by Crippen LogP contribution is -2.41. The Morgan fingerprint density at radius 2 is 2.13 bits per heavy atom. The van der Waals surface area contributed by atoms with Crippen LogP contribution in [0.15, 0.2) is 12.4 Å². The fourth-order valence-electron chi connectivity index (χ4n) is 1.89. The molecule has 0 spiro atoms. The molecule has 0 aliphatic carbocycles. The van der Waals surface area contributed by atoms with E-state index in [4.69, 9.17) is 11.6 Å². The first kappa shape index (κ1) is 10.6. The third kappa shape index (κ3) is 2.58. The fraction of sp³-hybridized carbons (Fsp3) is 0.600. The number of rotatable bonds is 2. The smallest absolute Gasteiger partial charge is 0.134 e. The van der Waals surface area contributed by atoms with Crippen LogP contribution in [0.1, 0.15) is 12.8 Å². The summed E-state index contributed by atoms with van der Waals surface area (Å²) in [5.74, 6) is 0.935. The minimum atomic E-state index is 0.510. The minimum Gasteiger partial charge on any atom is -0.356 e. The Morgan fingerprint density at radius 1 is 1.40 bits per heavy atom. The van der Waals surface area contributed by atoms with Gasteiger partial charge in [-0.15, -0.1) is 0 Å².